The van der Waals surface area contributed by atoms with Gasteiger partial charge in [0.15, 0.2) is 69.8 Å². The summed E-state index contributed by atoms with van der Waals surface area (Å²) in [5.41, 5.74) is -12.9. The van der Waals surface area contributed by atoms with Crippen molar-refractivity contribution in [2.24, 2.45) is 0 Å². The van der Waals surface area contributed by atoms with Crippen molar-refractivity contribution in [2.75, 3.05) is 19.0 Å². The van der Waals surface area contributed by atoms with Crippen molar-refractivity contribution in [3.63, 3.8) is 0 Å². The molecule has 21 heteroatoms. The largest absolute Gasteiger partial charge is 0.378 e. The molecule has 0 aliphatic carbocycles. The number of carbonyl (C=O) groups is 1. The highest BCUT2D eigenvalue weighted by molar-refractivity contribution is 6.08. The second-order valence-corrected chi connectivity index (χ2v) is 14.9. The number of halogens is 15. The van der Waals surface area contributed by atoms with Crippen LogP contribution in [0.3, 0.4) is 0 Å². The van der Waals surface area contributed by atoms with Crippen molar-refractivity contribution in [1.82, 2.24) is 19.5 Å². The molecular formula is C46H20F15N5O. The molecule has 67 heavy (non-hydrogen) atoms. The fraction of sp³-hybridized carbons (Fsp3) is 0.0435. The Kier molecular flexibility index (Phi) is 10.5. The molecule has 9 rings (SSSR count). The van der Waals surface area contributed by atoms with Crippen LogP contribution in [0.1, 0.15) is 21.7 Å². The second-order valence-electron chi connectivity index (χ2n) is 14.9. The Bertz CT molecular complexity index is 3560. The van der Waals surface area contributed by atoms with Crippen LogP contribution in [0.4, 0.5) is 71.5 Å². The summed E-state index contributed by atoms with van der Waals surface area (Å²) >= 11 is 0. The highest BCUT2D eigenvalue weighted by atomic mass is 19.2. The number of rotatable bonds is 5. The molecule has 8 aromatic rings. The number of aromatic amines is 2. The lowest BCUT2D eigenvalue weighted by Crippen LogP contribution is -2.14. The summed E-state index contributed by atoms with van der Waals surface area (Å²) < 4.78 is 230. The van der Waals surface area contributed by atoms with Gasteiger partial charge >= 0.3 is 0 Å². The number of nitrogens with one attached hydrogen (secondary N) is 2. The van der Waals surface area contributed by atoms with Crippen LogP contribution in [0.5, 0.6) is 0 Å². The van der Waals surface area contributed by atoms with Crippen LogP contribution in [0.15, 0.2) is 60.7 Å². The molecule has 0 saturated carbocycles. The smallest absolute Gasteiger partial charge is 0.262 e. The van der Waals surface area contributed by atoms with Crippen LogP contribution in [0.2, 0.25) is 0 Å². The van der Waals surface area contributed by atoms with Gasteiger partial charge in [-0.05, 0) is 72.8 Å². The van der Waals surface area contributed by atoms with E-state index in [1.54, 1.807) is 19.0 Å². The molecule has 0 amide bonds. The Morgan fingerprint density at radius 3 is 1.18 bits per heavy atom. The normalized spacial score (nSPS) is 12.0. The Hall–Kier alpha value is -7.97. The SMILES string of the molecule is CN(C)c1ccc(C(=O)n2c3ccc2c(-c2c(F)c(F)c(F)c(F)c2F)c2ccc([nH]2)c(-c2c(F)c(F)c(F)c(F)c2F)c2ccc([nH]2)c(-c2c(F)c(F)c(F)c(F)c2F)c2nc3C=C2)cc1. The summed E-state index contributed by atoms with van der Waals surface area (Å²) in [5.74, 6) is -38.5. The lowest BCUT2D eigenvalue weighted by molar-refractivity contribution is 0.0969. The first kappa shape index (κ1) is 44.2. The van der Waals surface area contributed by atoms with Crippen molar-refractivity contribution in [2.45, 2.75) is 0 Å². The van der Waals surface area contributed by atoms with Gasteiger partial charge in [-0.1, -0.05) is 0 Å². The van der Waals surface area contributed by atoms with Gasteiger partial charge in [-0.2, -0.15) is 0 Å². The van der Waals surface area contributed by atoms with Crippen molar-refractivity contribution in [3.05, 3.63) is 165 Å². The quantitative estimate of drug-likeness (QED) is 0.103. The molecule has 0 spiro atoms. The molecule has 2 N–H and O–H groups in total. The average molecular weight is 944 g/mol. The van der Waals surface area contributed by atoms with E-state index >= 15 is 43.9 Å². The van der Waals surface area contributed by atoms with Crippen LogP contribution < -0.4 is 4.90 Å². The summed E-state index contributed by atoms with van der Waals surface area (Å²) in [6.07, 6.45) is 1.99. The maximum atomic E-state index is 16.1. The monoisotopic (exact) mass is 943 g/mol. The van der Waals surface area contributed by atoms with E-state index in [4.69, 9.17) is 0 Å². The first-order valence-corrected chi connectivity index (χ1v) is 19.0. The minimum absolute atomic E-state index is 0.202. The molecule has 6 nitrogen and oxygen atoms in total. The lowest BCUT2D eigenvalue weighted by Gasteiger charge is -2.14. The van der Waals surface area contributed by atoms with Gasteiger partial charge < -0.3 is 14.9 Å². The van der Waals surface area contributed by atoms with E-state index in [9.17, 15) is 26.7 Å². The summed E-state index contributed by atoms with van der Waals surface area (Å²) in [6, 6.07) is 10.8. The molecule has 0 atom stereocenters. The molecule has 1 aliphatic rings. The minimum atomic E-state index is -2.63. The van der Waals surface area contributed by atoms with E-state index < -0.39 is 160 Å². The van der Waals surface area contributed by atoms with Gasteiger partial charge in [-0.15, -0.1) is 0 Å². The number of aromatic nitrogens is 4. The number of carbonyl (C=O) groups excluding carboxylic acids is 1. The first-order valence-electron chi connectivity index (χ1n) is 19.0. The highest BCUT2D eigenvalue weighted by Crippen LogP contribution is 2.43. The number of anilines is 1. The maximum absolute atomic E-state index is 16.1. The Morgan fingerprint density at radius 1 is 0.403 bits per heavy atom. The number of benzene rings is 4. The topological polar surface area (TPSA) is 69.7 Å². The minimum Gasteiger partial charge on any atom is -0.378 e. The van der Waals surface area contributed by atoms with Gasteiger partial charge in [-0.25, -0.2) is 70.8 Å². The average Bonchev–Trinajstić information content (AvgIpc) is 4.17. The lowest BCUT2D eigenvalue weighted by atomic mass is 10.0. The number of hydrogen-bond acceptors (Lipinski definition) is 3. The molecule has 0 fully saturated rings. The van der Waals surface area contributed by atoms with E-state index in [1.807, 2.05) is 0 Å². The summed E-state index contributed by atoms with van der Waals surface area (Å²) in [6.45, 7) is 0. The first-order chi connectivity index (χ1) is 31.7. The van der Waals surface area contributed by atoms with E-state index in [-0.39, 0.29) is 16.8 Å². The van der Waals surface area contributed by atoms with E-state index in [0.717, 1.165) is 48.6 Å². The standard InChI is InChI=1S/C46H20F15N5O/c1-65(2)16-5-3-15(4-6-16)46(67)66-23-13-14-24(66)27(30-35(51)41(57)45(61)42(58)36(30)52)22-12-11-21(64-22)26(29-33(49)39(55)44(60)40(56)34(29)50)20-10-9-19(63-20)25(18-8-7-17(23)62-18)28-31(47)37(53)43(59)38(54)32(28)48/h3-14,63-64H,1-2H3. The van der Waals surface area contributed by atoms with Crippen molar-refractivity contribution >= 4 is 56.8 Å². The fourth-order valence-electron chi connectivity index (χ4n) is 7.79. The Morgan fingerprint density at radius 2 is 0.746 bits per heavy atom. The summed E-state index contributed by atoms with van der Waals surface area (Å²) in [4.78, 5) is 25.6. The maximum Gasteiger partial charge on any atom is 0.262 e. The molecule has 340 valence electrons. The zero-order valence-corrected chi connectivity index (χ0v) is 33.3. The van der Waals surface area contributed by atoms with Gasteiger partial charge in [-0.3, -0.25) is 9.36 Å². The number of H-pyrrole nitrogens is 2. The van der Waals surface area contributed by atoms with Gasteiger partial charge in [0.1, 0.15) is 0 Å². The molecule has 0 unspecified atom stereocenters. The number of hydrogen-bond donors (Lipinski definition) is 2. The van der Waals surface area contributed by atoms with Crippen LogP contribution in [-0.2, 0) is 0 Å². The van der Waals surface area contributed by atoms with Crippen molar-refractivity contribution in [3.8, 4) is 33.4 Å². The molecule has 4 aromatic carbocycles. The summed E-state index contributed by atoms with van der Waals surface area (Å²) in [5, 5.41) is 0. The van der Waals surface area contributed by atoms with Crippen molar-refractivity contribution in [1.29, 1.82) is 0 Å². The predicted molar refractivity (Wildman–Crippen MR) is 215 cm³/mol. The zero-order chi connectivity index (χ0) is 48.2. The Balaban J connectivity index is 1.58. The molecule has 4 aromatic heterocycles. The van der Waals surface area contributed by atoms with Gasteiger partial charge in [0.05, 0.1) is 39.1 Å². The molecule has 8 bridgehead atoms. The number of nitrogens with zero attached hydrogens (tertiary/aromatic N) is 3. The third-order valence-electron chi connectivity index (χ3n) is 11.0. The molecule has 0 saturated heterocycles. The van der Waals surface area contributed by atoms with Crippen molar-refractivity contribution < 1.29 is 70.7 Å². The zero-order valence-electron chi connectivity index (χ0n) is 33.3. The van der Waals surface area contributed by atoms with E-state index in [1.165, 1.54) is 24.3 Å². The number of fused-ring (bicyclic) bond motifs is 9. The van der Waals surface area contributed by atoms with Gasteiger partial charge in [0.2, 0.25) is 17.5 Å². The Labute approximate surface area is 363 Å². The molecular weight excluding hydrogens is 924 g/mol. The predicted octanol–water partition coefficient (Wildman–Crippen LogP) is 13.0. The van der Waals surface area contributed by atoms with Crippen LogP contribution >= 0.6 is 0 Å². The van der Waals surface area contributed by atoms with Crippen LogP contribution in [0.25, 0.3) is 78.6 Å². The van der Waals surface area contributed by atoms with Crippen LogP contribution in [0, 0.1) is 87.3 Å². The molecule has 5 heterocycles. The molecule has 0 radical (unpaired) electrons. The second kappa shape index (κ2) is 15.9. The highest BCUT2D eigenvalue weighted by Gasteiger charge is 2.33. The third-order valence-corrected chi connectivity index (χ3v) is 11.0. The van der Waals surface area contributed by atoms with Gasteiger partial charge in [0, 0.05) is 64.1 Å². The van der Waals surface area contributed by atoms with E-state index in [0.29, 0.717) is 10.3 Å². The fourth-order valence-corrected chi connectivity index (χ4v) is 7.79. The van der Waals surface area contributed by atoms with E-state index in [2.05, 4.69) is 15.0 Å². The molecule has 1 aliphatic heterocycles. The summed E-state index contributed by atoms with van der Waals surface area (Å²) in [7, 11) is 3.32. The van der Waals surface area contributed by atoms with Gasteiger partial charge in [0.25, 0.3) is 5.91 Å². The van der Waals surface area contributed by atoms with Crippen LogP contribution in [-0.4, -0.2) is 39.5 Å². The third kappa shape index (κ3) is 6.61.